The molecule has 1 aliphatic carbocycles. The Kier molecular flexibility index (Phi) is 5.26. The third-order valence-corrected chi connectivity index (χ3v) is 4.34. The average molecular weight is 261 g/mol. The fourth-order valence-electron chi connectivity index (χ4n) is 3.34. The third-order valence-electron chi connectivity index (χ3n) is 4.34. The van der Waals surface area contributed by atoms with Gasteiger partial charge in [-0.1, -0.05) is 25.5 Å². The van der Waals surface area contributed by atoms with Crippen LogP contribution in [0.25, 0.3) is 0 Å². The van der Waals surface area contributed by atoms with Crippen molar-refractivity contribution in [3.05, 3.63) is 29.8 Å². The third kappa shape index (κ3) is 3.73. The summed E-state index contributed by atoms with van der Waals surface area (Å²) in [6, 6.07) is 8.76. The predicted molar refractivity (Wildman–Crippen MR) is 80.8 cm³/mol. The molecule has 3 unspecified atom stereocenters. The van der Waals surface area contributed by atoms with Gasteiger partial charge in [0.15, 0.2) is 0 Å². The summed E-state index contributed by atoms with van der Waals surface area (Å²) in [5.41, 5.74) is 1.48. The van der Waals surface area contributed by atoms with Gasteiger partial charge in [0.25, 0.3) is 0 Å². The summed E-state index contributed by atoms with van der Waals surface area (Å²) < 4.78 is 5.53. The van der Waals surface area contributed by atoms with Gasteiger partial charge in [0.05, 0.1) is 6.61 Å². The molecule has 3 atom stereocenters. The van der Waals surface area contributed by atoms with Gasteiger partial charge in [0.2, 0.25) is 0 Å². The standard InChI is InChI=1S/C17H27NO/c1-4-19-16-9-7-14(8-10-16)17-11-13(2)5-6-15(17)12-18-3/h7-10,13,15,17-18H,4-6,11-12H2,1-3H3. The van der Waals surface area contributed by atoms with Crippen LogP contribution in [-0.4, -0.2) is 20.2 Å². The molecule has 0 heterocycles. The van der Waals surface area contributed by atoms with Gasteiger partial charge >= 0.3 is 0 Å². The largest absolute Gasteiger partial charge is 0.494 e. The highest BCUT2D eigenvalue weighted by Gasteiger charge is 2.29. The van der Waals surface area contributed by atoms with E-state index in [9.17, 15) is 0 Å². The molecular formula is C17H27NO. The van der Waals surface area contributed by atoms with Crippen molar-refractivity contribution in [3.63, 3.8) is 0 Å². The molecule has 2 nitrogen and oxygen atoms in total. The van der Waals surface area contributed by atoms with Gasteiger partial charge in [0, 0.05) is 0 Å². The van der Waals surface area contributed by atoms with E-state index in [1.165, 1.54) is 24.8 Å². The van der Waals surface area contributed by atoms with Crippen molar-refractivity contribution in [2.24, 2.45) is 11.8 Å². The summed E-state index contributed by atoms with van der Waals surface area (Å²) in [7, 11) is 2.06. The van der Waals surface area contributed by atoms with E-state index in [0.717, 1.165) is 30.7 Å². The Balaban J connectivity index is 2.11. The lowest BCUT2D eigenvalue weighted by molar-refractivity contribution is 0.245. The average Bonchev–Trinajstić information content (AvgIpc) is 2.42. The molecule has 0 aliphatic heterocycles. The second kappa shape index (κ2) is 6.95. The Hall–Kier alpha value is -1.02. The quantitative estimate of drug-likeness (QED) is 0.870. The zero-order chi connectivity index (χ0) is 13.7. The van der Waals surface area contributed by atoms with E-state index >= 15 is 0 Å². The van der Waals surface area contributed by atoms with Crippen molar-refractivity contribution in [1.82, 2.24) is 5.32 Å². The van der Waals surface area contributed by atoms with Crippen molar-refractivity contribution >= 4 is 0 Å². The number of rotatable bonds is 5. The first-order valence-corrected chi connectivity index (χ1v) is 7.62. The Bertz CT molecular complexity index is 373. The molecular weight excluding hydrogens is 234 g/mol. The van der Waals surface area contributed by atoms with Gasteiger partial charge < -0.3 is 10.1 Å². The molecule has 0 aromatic heterocycles. The summed E-state index contributed by atoms with van der Waals surface area (Å²) in [6.07, 6.45) is 4.04. The van der Waals surface area contributed by atoms with Crippen LogP contribution in [0.3, 0.4) is 0 Å². The normalized spacial score (nSPS) is 27.2. The van der Waals surface area contributed by atoms with Crippen LogP contribution >= 0.6 is 0 Å². The molecule has 1 saturated carbocycles. The van der Waals surface area contributed by atoms with E-state index in [2.05, 4.69) is 43.6 Å². The molecule has 1 fully saturated rings. The smallest absolute Gasteiger partial charge is 0.119 e. The minimum Gasteiger partial charge on any atom is -0.494 e. The van der Waals surface area contributed by atoms with Crippen LogP contribution in [0.15, 0.2) is 24.3 Å². The lowest BCUT2D eigenvalue weighted by Crippen LogP contribution is -2.29. The maximum atomic E-state index is 5.53. The highest BCUT2D eigenvalue weighted by Crippen LogP contribution is 2.40. The molecule has 0 bridgehead atoms. The molecule has 19 heavy (non-hydrogen) atoms. The van der Waals surface area contributed by atoms with Crippen molar-refractivity contribution < 1.29 is 4.74 Å². The van der Waals surface area contributed by atoms with Crippen LogP contribution < -0.4 is 10.1 Å². The number of nitrogens with one attached hydrogen (secondary N) is 1. The first-order chi connectivity index (χ1) is 9.24. The van der Waals surface area contributed by atoms with Gasteiger partial charge in [0.1, 0.15) is 5.75 Å². The summed E-state index contributed by atoms with van der Waals surface area (Å²) in [4.78, 5) is 0. The van der Waals surface area contributed by atoms with E-state index in [1.54, 1.807) is 0 Å². The SMILES string of the molecule is CCOc1ccc(C2CC(C)CCC2CNC)cc1. The fraction of sp³-hybridized carbons (Fsp3) is 0.647. The highest BCUT2D eigenvalue weighted by atomic mass is 16.5. The highest BCUT2D eigenvalue weighted by molar-refractivity contribution is 5.30. The number of hydrogen-bond donors (Lipinski definition) is 1. The first-order valence-electron chi connectivity index (χ1n) is 7.62. The monoisotopic (exact) mass is 261 g/mol. The Labute approximate surface area is 117 Å². The number of hydrogen-bond acceptors (Lipinski definition) is 2. The molecule has 1 aromatic rings. The Morgan fingerprint density at radius 1 is 1.21 bits per heavy atom. The first kappa shape index (κ1) is 14.4. The summed E-state index contributed by atoms with van der Waals surface area (Å²) in [5.74, 6) is 3.32. The summed E-state index contributed by atoms with van der Waals surface area (Å²) in [5, 5.41) is 3.36. The van der Waals surface area contributed by atoms with E-state index in [0.29, 0.717) is 5.92 Å². The maximum absolute atomic E-state index is 5.53. The van der Waals surface area contributed by atoms with Crippen molar-refractivity contribution in [3.8, 4) is 5.75 Å². The van der Waals surface area contributed by atoms with Gasteiger partial charge in [-0.2, -0.15) is 0 Å². The van der Waals surface area contributed by atoms with Gasteiger partial charge in [-0.15, -0.1) is 0 Å². The lowest BCUT2D eigenvalue weighted by atomic mass is 9.71. The Morgan fingerprint density at radius 2 is 1.95 bits per heavy atom. The van der Waals surface area contributed by atoms with Crippen LogP contribution in [0, 0.1) is 11.8 Å². The van der Waals surface area contributed by atoms with E-state index in [4.69, 9.17) is 4.74 Å². The van der Waals surface area contributed by atoms with Crippen molar-refractivity contribution in [2.75, 3.05) is 20.2 Å². The van der Waals surface area contributed by atoms with Crippen molar-refractivity contribution in [1.29, 1.82) is 0 Å². The Morgan fingerprint density at radius 3 is 2.58 bits per heavy atom. The topological polar surface area (TPSA) is 21.3 Å². The summed E-state index contributed by atoms with van der Waals surface area (Å²) >= 11 is 0. The van der Waals surface area contributed by atoms with Crippen molar-refractivity contribution in [2.45, 2.75) is 39.0 Å². The molecule has 0 spiro atoms. The zero-order valence-electron chi connectivity index (χ0n) is 12.5. The maximum Gasteiger partial charge on any atom is 0.119 e. The molecule has 0 saturated heterocycles. The predicted octanol–water partition coefficient (Wildman–Crippen LogP) is 3.82. The zero-order valence-corrected chi connectivity index (χ0v) is 12.5. The van der Waals surface area contributed by atoms with Gasteiger partial charge in [-0.05, 0) is 68.8 Å². The molecule has 2 rings (SSSR count). The molecule has 0 amide bonds. The van der Waals surface area contributed by atoms with E-state index < -0.39 is 0 Å². The minimum atomic E-state index is 0.701. The van der Waals surface area contributed by atoms with Crippen LogP contribution in [-0.2, 0) is 0 Å². The molecule has 1 N–H and O–H groups in total. The van der Waals surface area contributed by atoms with Gasteiger partial charge in [-0.25, -0.2) is 0 Å². The molecule has 106 valence electrons. The number of ether oxygens (including phenoxy) is 1. The van der Waals surface area contributed by atoms with Crippen LogP contribution in [0.4, 0.5) is 0 Å². The van der Waals surface area contributed by atoms with Crippen LogP contribution in [0.5, 0.6) is 5.75 Å². The summed E-state index contributed by atoms with van der Waals surface area (Å²) in [6.45, 7) is 6.28. The number of benzene rings is 1. The fourth-order valence-corrected chi connectivity index (χ4v) is 3.34. The molecule has 1 aliphatic rings. The van der Waals surface area contributed by atoms with E-state index in [1.807, 2.05) is 6.92 Å². The minimum absolute atomic E-state index is 0.701. The lowest BCUT2D eigenvalue weighted by Gasteiger charge is -2.35. The molecule has 2 heteroatoms. The molecule has 1 aromatic carbocycles. The van der Waals surface area contributed by atoms with Crippen LogP contribution in [0.2, 0.25) is 0 Å². The molecule has 0 radical (unpaired) electrons. The second-order valence-corrected chi connectivity index (χ2v) is 5.84. The van der Waals surface area contributed by atoms with E-state index in [-0.39, 0.29) is 0 Å². The second-order valence-electron chi connectivity index (χ2n) is 5.84. The van der Waals surface area contributed by atoms with Gasteiger partial charge in [-0.3, -0.25) is 0 Å². The van der Waals surface area contributed by atoms with Crippen LogP contribution in [0.1, 0.15) is 44.6 Å².